The van der Waals surface area contributed by atoms with Gasteiger partial charge in [0.15, 0.2) is 11.3 Å². The van der Waals surface area contributed by atoms with E-state index in [-0.39, 0.29) is 24.3 Å². The van der Waals surface area contributed by atoms with Gasteiger partial charge in [-0.2, -0.15) is 0 Å². The number of amides is 1. The predicted octanol–water partition coefficient (Wildman–Crippen LogP) is 1.84. The van der Waals surface area contributed by atoms with Gasteiger partial charge in [-0.3, -0.25) is 4.79 Å². The van der Waals surface area contributed by atoms with Gasteiger partial charge in [0.2, 0.25) is 5.91 Å². The smallest absolute Gasteiger partial charge is 0.240 e. The summed E-state index contributed by atoms with van der Waals surface area (Å²) in [5.74, 6) is -0.479. The lowest BCUT2D eigenvalue weighted by Gasteiger charge is -2.14. The van der Waals surface area contributed by atoms with Crippen LogP contribution in [0.1, 0.15) is 18.5 Å². The number of hydrogen-bond donors (Lipinski definition) is 1. The highest BCUT2D eigenvalue weighted by atomic mass is 19.1. The van der Waals surface area contributed by atoms with E-state index < -0.39 is 0 Å². The van der Waals surface area contributed by atoms with E-state index in [1.165, 1.54) is 18.5 Å². The van der Waals surface area contributed by atoms with E-state index in [0.29, 0.717) is 11.3 Å². The lowest BCUT2D eigenvalue weighted by molar-refractivity contribution is -0.122. The number of benzene rings is 1. The van der Waals surface area contributed by atoms with Crippen molar-refractivity contribution >= 4 is 17.2 Å². The second-order valence-electron chi connectivity index (χ2n) is 4.92. The molecule has 112 valence electrons. The van der Waals surface area contributed by atoms with Gasteiger partial charge < -0.3 is 9.88 Å². The van der Waals surface area contributed by atoms with Gasteiger partial charge >= 0.3 is 0 Å². The van der Waals surface area contributed by atoms with E-state index in [2.05, 4.69) is 20.3 Å². The first kappa shape index (κ1) is 14.1. The molecule has 6 nitrogen and oxygen atoms in total. The summed E-state index contributed by atoms with van der Waals surface area (Å²) in [6.07, 6.45) is 4.64. The van der Waals surface area contributed by atoms with Gasteiger partial charge in [-0.05, 0) is 24.6 Å². The van der Waals surface area contributed by atoms with E-state index >= 15 is 0 Å². The number of rotatable bonds is 4. The molecule has 1 atom stereocenters. The van der Waals surface area contributed by atoms with Crippen molar-refractivity contribution in [3.63, 3.8) is 0 Å². The molecule has 0 saturated heterocycles. The zero-order valence-corrected chi connectivity index (χ0v) is 11.9. The Kier molecular flexibility index (Phi) is 3.78. The summed E-state index contributed by atoms with van der Waals surface area (Å²) in [5, 5.41) is 2.86. The highest BCUT2D eigenvalue weighted by Gasteiger charge is 2.12. The third-order valence-electron chi connectivity index (χ3n) is 3.31. The number of nitrogens with one attached hydrogen (secondary N) is 1. The Morgan fingerprint density at radius 3 is 2.73 bits per heavy atom. The average Bonchev–Trinajstić information content (AvgIpc) is 2.91. The van der Waals surface area contributed by atoms with Gasteiger partial charge in [-0.1, -0.05) is 12.1 Å². The Morgan fingerprint density at radius 1 is 1.23 bits per heavy atom. The van der Waals surface area contributed by atoms with Crippen molar-refractivity contribution in [2.45, 2.75) is 19.5 Å². The first-order valence-corrected chi connectivity index (χ1v) is 6.80. The Hall–Kier alpha value is -2.83. The van der Waals surface area contributed by atoms with E-state index in [1.54, 1.807) is 29.1 Å². The van der Waals surface area contributed by atoms with Crippen LogP contribution in [0.2, 0.25) is 0 Å². The molecule has 2 aromatic heterocycles. The SMILES string of the molecule is C[C@@H](NC(=O)Cn1cnc2nccnc21)c1ccc(F)cc1. The van der Waals surface area contributed by atoms with E-state index in [1.807, 2.05) is 6.92 Å². The lowest BCUT2D eigenvalue weighted by Crippen LogP contribution is -2.30. The molecule has 0 aliphatic carbocycles. The molecule has 3 rings (SSSR count). The van der Waals surface area contributed by atoms with Crippen LogP contribution in [0.25, 0.3) is 11.3 Å². The molecule has 0 aliphatic heterocycles. The minimum Gasteiger partial charge on any atom is -0.348 e. The second kappa shape index (κ2) is 5.88. The minimum atomic E-state index is -0.300. The normalized spacial score (nSPS) is 12.3. The zero-order chi connectivity index (χ0) is 15.5. The van der Waals surface area contributed by atoms with Gasteiger partial charge in [0.05, 0.1) is 12.4 Å². The van der Waals surface area contributed by atoms with Gasteiger partial charge in [-0.15, -0.1) is 0 Å². The van der Waals surface area contributed by atoms with Crippen molar-refractivity contribution in [1.29, 1.82) is 0 Å². The summed E-state index contributed by atoms with van der Waals surface area (Å²) in [7, 11) is 0. The van der Waals surface area contributed by atoms with Gasteiger partial charge in [0.25, 0.3) is 0 Å². The second-order valence-corrected chi connectivity index (χ2v) is 4.92. The highest BCUT2D eigenvalue weighted by molar-refractivity contribution is 5.78. The number of imidazole rings is 1. The van der Waals surface area contributed by atoms with Crippen LogP contribution in [0, 0.1) is 5.82 Å². The number of aromatic nitrogens is 4. The first-order chi connectivity index (χ1) is 10.6. The number of halogens is 1. The summed E-state index contributed by atoms with van der Waals surface area (Å²) < 4.78 is 14.5. The molecule has 0 unspecified atom stereocenters. The highest BCUT2D eigenvalue weighted by Crippen LogP contribution is 2.13. The van der Waals surface area contributed by atoms with Crippen molar-refractivity contribution in [3.05, 3.63) is 54.4 Å². The Morgan fingerprint density at radius 2 is 1.95 bits per heavy atom. The van der Waals surface area contributed by atoms with E-state index in [0.717, 1.165) is 5.56 Å². The molecule has 1 amide bonds. The standard InChI is InChI=1S/C15H14FN5O/c1-10(11-2-4-12(16)5-3-11)20-13(22)8-21-9-19-14-15(21)18-7-6-17-14/h2-7,9-10H,8H2,1H3,(H,20,22)/t10-/m1/s1. The molecule has 0 fully saturated rings. The van der Waals surface area contributed by atoms with Crippen molar-refractivity contribution in [2.24, 2.45) is 0 Å². The third-order valence-corrected chi connectivity index (χ3v) is 3.31. The van der Waals surface area contributed by atoms with Gasteiger partial charge in [0, 0.05) is 12.4 Å². The Bertz CT molecular complexity index is 799. The first-order valence-electron chi connectivity index (χ1n) is 6.80. The number of carbonyl (C=O) groups excluding carboxylic acids is 1. The zero-order valence-electron chi connectivity index (χ0n) is 11.9. The largest absolute Gasteiger partial charge is 0.348 e. The fourth-order valence-electron chi connectivity index (χ4n) is 2.19. The molecule has 1 aromatic carbocycles. The summed E-state index contributed by atoms with van der Waals surface area (Å²) in [5.41, 5.74) is 1.90. The molecular weight excluding hydrogens is 285 g/mol. The van der Waals surface area contributed by atoms with Crippen LogP contribution in [0.4, 0.5) is 4.39 Å². The van der Waals surface area contributed by atoms with Crippen molar-refractivity contribution in [3.8, 4) is 0 Å². The van der Waals surface area contributed by atoms with E-state index in [9.17, 15) is 9.18 Å². The fraction of sp³-hybridized carbons (Fsp3) is 0.200. The fourth-order valence-corrected chi connectivity index (χ4v) is 2.19. The van der Waals surface area contributed by atoms with Crippen LogP contribution < -0.4 is 5.32 Å². The average molecular weight is 299 g/mol. The van der Waals surface area contributed by atoms with Crippen LogP contribution in [-0.4, -0.2) is 25.4 Å². The molecule has 0 bridgehead atoms. The molecule has 0 radical (unpaired) electrons. The molecule has 0 aliphatic rings. The summed E-state index contributed by atoms with van der Waals surface area (Å²) in [6, 6.07) is 5.83. The Labute approximate surface area is 126 Å². The lowest BCUT2D eigenvalue weighted by atomic mass is 10.1. The number of fused-ring (bicyclic) bond motifs is 1. The molecule has 22 heavy (non-hydrogen) atoms. The van der Waals surface area contributed by atoms with Crippen LogP contribution >= 0.6 is 0 Å². The quantitative estimate of drug-likeness (QED) is 0.798. The molecule has 0 spiro atoms. The van der Waals surface area contributed by atoms with E-state index in [4.69, 9.17) is 0 Å². The molecule has 1 N–H and O–H groups in total. The topological polar surface area (TPSA) is 72.7 Å². The minimum absolute atomic E-state index is 0.0979. The van der Waals surface area contributed by atoms with Crippen molar-refractivity contribution in [1.82, 2.24) is 24.8 Å². The molecule has 2 heterocycles. The molecular formula is C15H14FN5O. The van der Waals surface area contributed by atoms with Crippen molar-refractivity contribution in [2.75, 3.05) is 0 Å². The van der Waals surface area contributed by atoms with Crippen LogP contribution in [0.15, 0.2) is 43.0 Å². The number of nitrogens with zero attached hydrogens (tertiary/aromatic N) is 4. The maximum absolute atomic E-state index is 12.9. The van der Waals surface area contributed by atoms with Crippen LogP contribution in [0.3, 0.4) is 0 Å². The van der Waals surface area contributed by atoms with Gasteiger partial charge in [0.1, 0.15) is 12.4 Å². The monoisotopic (exact) mass is 299 g/mol. The third kappa shape index (κ3) is 2.93. The number of carbonyl (C=O) groups is 1. The summed E-state index contributed by atoms with van der Waals surface area (Å²) >= 11 is 0. The maximum Gasteiger partial charge on any atom is 0.240 e. The maximum atomic E-state index is 12.9. The van der Waals surface area contributed by atoms with Crippen LogP contribution in [-0.2, 0) is 11.3 Å². The summed E-state index contributed by atoms with van der Waals surface area (Å²) in [6.45, 7) is 1.94. The van der Waals surface area contributed by atoms with Gasteiger partial charge in [-0.25, -0.2) is 19.3 Å². The van der Waals surface area contributed by atoms with Crippen molar-refractivity contribution < 1.29 is 9.18 Å². The molecule has 7 heteroatoms. The number of hydrogen-bond acceptors (Lipinski definition) is 4. The molecule has 0 saturated carbocycles. The summed E-state index contributed by atoms with van der Waals surface area (Å²) in [4.78, 5) is 24.4. The predicted molar refractivity (Wildman–Crippen MR) is 78.3 cm³/mol. The van der Waals surface area contributed by atoms with Crippen LogP contribution in [0.5, 0.6) is 0 Å². The molecule has 3 aromatic rings. The Balaban J connectivity index is 1.68.